The van der Waals surface area contributed by atoms with E-state index in [9.17, 15) is 9.59 Å². The van der Waals surface area contributed by atoms with E-state index in [1.165, 1.54) is 11.3 Å². The fourth-order valence-electron chi connectivity index (χ4n) is 4.55. The van der Waals surface area contributed by atoms with Crippen molar-refractivity contribution in [2.24, 2.45) is 4.99 Å². The number of aromatic nitrogens is 1. The van der Waals surface area contributed by atoms with E-state index in [1.54, 1.807) is 17.6 Å². The number of carbonyl (C=O) groups is 1. The quantitative estimate of drug-likeness (QED) is 0.322. The first-order chi connectivity index (χ1) is 18.5. The topological polar surface area (TPSA) is 79.1 Å². The van der Waals surface area contributed by atoms with Gasteiger partial charge in [0.25, 0.3) is 5.56 Å². The van der Waals surface area contributed by atoms with E-state index in [4.69, 9.17) is 19.2 Å². The lowest BCUT2D eigenvalue weighted by molar-refractivity contribution is -0.138. The number of hydrogen-bond donors (Lipinski definition) is 0. The molecule has 0 aliphatic carbocycles. The van der Waals surface area contributed by atoms with Gasteiger partial charge >= 0.3 is 5.97 Å². The number of halogens is 1. The second kappa shape index (κ2) is 10.1. The molecule has 4 aromatic rings. The summed E-state index contributed by atoms with van der Waals surface area (Å²) in [6.45, 7) is 2.06. The number of hydrogen-bond acceptors (Lipinski definition) is 7. The standard InChI is InChI=1S/C29H21BrN2O5S/c1-2-35-28(34)24-25(18-6-4-3-5-7-18)31-29-32(26(24)19-10-13-21-22(15-19)37-16-36-21)27(33)23(38-29)14-17-8-11-20(30)12-9-17/h3-15,26H,2,16H2,1H3/b23-14-. The summed E-state index contributed by atoms with van der Waals surface area (Å²) in [6, 6.07) is 21.8. The highest BCUT2D eigenvalue weighted by atomic mass is 79.9. The zero-order valence-electron chi connectivity index (χ0n) is 20.2. The first kappa shape index (κ1) is 24.4. The van der Waals surface area contributed by atoms with Crippen molar-refractivity contribution in [1.29, 1.82) is 0 Å². The van der Waals surface area contributed by atoms with Crippen LogP contribution in [0.5, 0.6) is 11.5 Å². The van der Waals surface area contributed by atoms with Gasteiger partial charge in [0.05, 0.1) is 28.5 Å². The van der Waals surface area contributed by atoms with Crippen molar-refractivity contribution in [3.05, 3.63) is 119 Å². The summed E-state index contributed by atoms with van der Waals surface area (Å²) < 4.78 is 19.7. The van der Waals surface area contributed by atoms with Crippen LogP contribution in [0.25, 0.3) is 11.8 Å². The average Bonchev–Trinajstić information content (AvgIpc) is 3.53. The molecule has 0 saturated heterocycles. The predicted molar refractivity (Wildman–Crippen MR) is 148 cm³/mol. The summed E-state index contributed by atoms with van der Waals surface area (Å²) in [5.74, 6) is 0.641. The van der Waals surface area contributed by atoms with Crippen molar-refractivity contribution in [3.8, 4) is 11.5 Å². The van der Waals surface area contributed by atoms with Crippen molar-refractivity contribution in [3.63, 3.8) is 0 Å². The highest BCUT2D eigenvalue weighted by Crippen LogP contribution is 2.40. The van der Waals surface area contributed by atoms with Gasteiger partial charge in [0, 0.05) is 10.0 Å². The molecule has 2 aliphatic rings. The van der Waals surface area contributed by atoms with Crippen LogP contribution in [-0.2, 0) is 9.53 Å². The van der Waals surface area contributed by atoms with Crippen molar-refractivity contribution < 1.29 is 19.0 Å². The summed E-state index contributed by atoms with van der Waals surface area (Å²) in [5, 5.41) is 0. The number of rotatable bonds is 5. The van der Waals surface area contributed by atoms with E-state index >= 15 is 0 Å². The minimum atomic E-state index is -0.776. The van der Waals surface area contributed by atoms with Crippen LogP contribution >= 0.6 is 27.3 Å². The molecule has 1 aromatic heterocycles. The van der Waals surface area contributed by atoms with Crippen molar-refractivity contribution in [1.82, 2.24) is 4.57 Å². The third-order valence-corrected chi connectivity index (χ3v) is 7.77. The van der Waals surface area contributed by atoms with Crippen LogP contribution in [0.4, 0.5) is 0 Å². The van der Waals surface area contributed by atoms with E-state index < -0.39 is 12.0 Å². The van der Waals surface area contributed by atoms with Gasteiger partial charge < -0.3 is 14.2 Å². The summed E-state index contributed by atoms with van der Waals surface area (Å²) >= 11 is 4.73. The second-order valence-corrected chi connectivity index (χ2v) is 10.5. The van der Waals surface area contributed by atoms with Crippen LogP contribution < -0.4 is 24.4 Å². The molecule has 38 heavy (non-hydrogen) atoms. The molecule has 2 aliphatic heterocycles. The van der Waals surface area contributed by atoms with Crippen LogP contribution in [0.15, 0.2) is 92.6 Å². The number of nitrogens with zero attached hydrogens (tertiary/aromatic N) is 2. The Kier molecular flexibility index (Phi) is 6.47. The van der Waals surface area contributed by atoms with Crippen molar-refractivity contribution >= 4 is 45.0 Å². The highest BCUT2D eigenvalue weighted by Gasteiger charge is 2.36. The van der Waals surface area contributed by atoms with Crippen molar-refractivity contribution in [2.75, 3.05) is 13.4 Å². The fourth-order valence-corrected chi connectivity index (χ4v) is 5.81. The zero-order chi connectivity index (χ0) is 26.2. The molecule has 190 valence electrons. The molecule has 0 radical (unpaired) electrons. The molecule has 3 aromatic carbocycles. The largest absolute Gasteiger partial charge is 0.463 e. The molecular formula is C29H21BrN2O5S. The highest BCUT2D eigenvalue weighted by molar-refractivity contribution is 9.10. The van der Waals surface area contributed by atoms with Gasteiger partial charge in [-0.25, -0.2) is 9.79 Å². The third kappa shape index (κ3) is 4.37. The molecule has 3 heterocycles. The lowest BCUT2D eigenvalue weighted by Gasteiger charge is -2.26. The van der Waals surface area contributed by atoms with E-state index in [1.807, 2.05) is 72.8 Å². The van der Waals surface area contributed by atoms with Crippen LogP contribution in [-0.4, -0.2) is 23.9 Å². The molecule has 9 heteroatoms. The van der Waals surface area contributed by atoms with E-state index in [0.29, 0.717) is 37.7 Å². The molecule has 0 bridgehead atoms. The Hall–Kier alpha value is -3.95. The summed E-state index contributed by atoms with van der Waals surface area (Å²) in [5.41, 5.74) is 2.85. The van der Waals surface area contributed by atoms with Crippen LogP contribution in [0.1, 0.15) is 29.7 Å². The number of benzene rings is 3. The normalized spacial score (nSPS) is 16.3. The molecule has 6 rings (SSSR count). The van der Waals surface area contributed by atoms with Gasteiger partial charge in [0.1, 0.15) is 0 Å². The van der Waals surface area contributed by atoms with Gasteiger partial charge in [-0.15, -0.1) is 0 Å². The molecular weight excluding hydrogens is 568 g/mol. The second-order valence-electron chi connectivity index (χ2n) is 8.60. The lowest BCUT2D eigenvalue weighted by Crippen LogP contribution is -2.40. The van der Waals surface area contributed by atoms with Gasteiger partial charge in [0.15, 0.2) is 16.3 Å². The Balaban J connectivity index is 1.64. The van der Waals surface area contributed by atoms with Gasteiger partial charge in [0.2, 0.25) is 6.79 Å². The summed E-state index contributed by atoms with van der Waals surface area (Å²) in [7, 11) is 0. The average molecular weight is 589 g/mol. The molecule has 7 nitrogen and oxygen atoms in total. The summed E-state index contributed by atoms with van der Waals surface area (Å²) in [4.78, 5) is 32.8. The van der Waals surface area contributed by atoms with Crippen LogP contribution in [0, 0.1) is 0 Å². The Morgan fingerprint density at radius 3 is 2.63 bits per heavy atom. The predicted octanol–water partition coefficient (Wildman–Crippen LogP) is 4.43. The fraction of sp³-hybridized carbons (Fsp3) is 0.138. The monoisotopic (exact) mass is 588 g/mol. The number of fused-ring (bicyclic) bond motifs is 2. The zero-order valence-corrected chi connectivity index (χ0v) is 22.6. The molecule has 1 atom stereocenters. The van der Waals surface area contributed by atoms with Gasteiger partial charge in [-0.1, -0.05) is 75.8 Å². The number of esters is 1. The Bertz CT molecular complexity index is 1760. The molecule has 0 spiro atoms. The number of ether oxygens (including phenoxy) is 3. The number of carbonyl (C=O) groups excluding carboxylic acids is 1. The first-order valence-electron chi connectivity index (χ1n) is 12.0. The third-order valence-electron chi connectivity index (χ3n) is 6.25. The SMILES string of the molecule is CCOC(=O)C1=C(c2ccccc2)N=c2s/c(=C\c3ccc(Br)cc3)c(=O)n2C1c1ccc2c(c1)OCO2. The smallest absolute Gasteiger partial charge is 0.338 e. The van der Waals surface area contributed by atoms with E-state index in [-0.39, 0.29) is 19.0 Å². The number of thiazole rings is 1. The molecule has 0 N–H and O–H groups in total. The molecule has 0 amide bonds. The van der Waals surface area contributed by atoms with Gasteiger partial charge in [-0.05, 0) is 48.4 Å². The summed E-state index contributed by atoms with van der Waals surface area (Å²) in [6.07, 6.45) is 1.84. The molecule has 1 unspecified atom stereocenters. The van der Waals surface area contributed by atoms with Crippen molar-refractivity contribution in [2.45, 2.75) is 13.0 Å². The van der Waals surface area contributed by atoms with Crippen LogP contribution in [0.3, 0.4) is 0 Å². The molecule has 0 fully saturated rings. The Morgan fingerprint density at radius 1 is 1.11 bits per heavy atom. The maximum absolute atomic E-state index is 13.9. The maximum Gasteiger partial charge on any atom is 0.338 e. The maximum atomic E-state index is 13.9. The Labute approximate surface area is 230 Å². The van der Waals surface area contributed by atoms with Crippen LogP contribution in [0.2, 0.25) is 0 Å². The lowest BCUT2D eigenvalue weighted by atomic mass is 9.93. The van der Waals surface area contributed by atoms with Gasteiger partial charge in [-0.3, -0.25) is 9.36 Å². The molecule has 0 saturated carbocycles. The Morgan fingerprint density at radius 2 is 1.87 bits per heavy atom. The van der Waals surface area contributed by atoms with Gasteiger partial charge in [-0.2, -0.15) is 0 Å². The van der Waals surface area contributed by atoms with E-state index in [0.717, 1.165) is 15.6 Å². The first-order valence-corrected chi connectivity index (χ1v) is 13.6. The minimum absolute atomic E-state index is 0.116. The van der Waals surface area contributed by atoms with E-state index in [2.05, 4.69) is 15.9 Å². The minimum Gasteiger partial charge on any atom is -0.463 e.